The van der Waals surface area contributed by atoms with Crippen LogP contribution in [0.25, 0.3) is 0 Å². The lowest BCUT2D eigenvalue weighted by Crippen LogP contribution is -2.14. The molecule has 3 nitrogen and oxygen atoms in total. The highest BCUT2D eigenvalue weighted by molar-refractivity contribution is 7.86. The molecule has 0 saturated heterocycles. The van der Waals surface area contributed by atoms with Gasteiger partial charge in [-0.3, -0.25) is 4.18 Å². The van der Waals surface area contributed by atoms with Crippen LogP contribution in [-0.4, -0.2) is 14.7 Å². The average Bonchev–Trinajstić information content (AvgIpc) is 2.13. The maximum Gasteiger partial charge on any atom is 0.416 e. The van der Waals surface area contributed by atoms with Crippen LogP contribution >= 0.6 is 0 Å². The van der Waals surface area contributed by atoms with Gasteiger partial charge in [-0.2, -0.15) is 21.6 Å². The van der Waals surface area contributed by atoms with Gasteiger partial charge in [-0.25, -0.2) is 0 Å². The second kappa shape index (κ2) is 4.66. The maximum absolute atomic E-state index is 12.6. The van der Waals surface area contributed by atoms with Crippen LogP contribution in [0.2, 0.25) is 0 Å². The van der Waals surface area contributed by atoms with Crippen molar-refractivity contribution in [3.05, 3.63) is 35.4 Å². The third-order valence-corrected chi connectivity index (χ3v) is 2.66. The van der Waals surface area contributed by atoms with E-state index in [1.54, 1.807) is 0 Å². The number of hydrogen-bond acceptors (Lipinski definition) is 3. The van der Waals surface area contributed by atoms with Crippen molar-refractivity contribution in [1.82, 2.24) is 0 Å². The Balaban J connectivity index is 3.14. The van der Waals surface area contributed by atoms with E-state index >= 15 is 0 Å². The molecule has 0 aliphatic carbocycles. The molecule has 0 aliphatic rings. The van der Waals surface area contributed by atoms with Gasteiger partial charge in [0, 0.05) is 0 Å². The Kier molecular flexibility index (Phi) is 3.83. The predicted molar refractivity (Wildman–Crippen MR) is 55.8 cm³/mol. The molecule has 0 bridgehead atoms. The maximum atomic E-state index is 12.6. The first kappa shape index (κ1) is 14.0. The fraction of sp³-hybridized carbons (Fsp3) is 0.400. The predicted octanol–water partition coefficient (Wildman–Crippen LogP) is 2.74. The molecule has 1 unspecified atom stereocenters. The summed E-state index contributed by atoms with van der Waals surface area (Å²) in [6, 6.07) is 4.71. The Hall–Kier alpha value is -1.08. The summed E-state index contributed by atoms with van der Waals surface area (Å²) in [6.07, 6.45) is -4.92. The smallest absolute Gasteiger partial charge is 0.262 e. The minimum absolute atomic E-state index is 0.203. The van der Waals surface area contributed by atoms with Gasteiger partial charge in [-0.15, -0.1) is 0 Å². The number of alkyl halides is 3. The van der Waals surface area contributed by atoms with E-state index in [9.17, 15) is 21.6 Å². The van der Waals surface area contributed by atoms with E-state index in [-0.39, 0.29) is 5.56 Å². The Morgan fingerprint density at radius 3 is 2.24 bits per heavy atom. The molecule has 0 aromatic heterocycles. The molecular weight excluding hydrogens is 257 g/mol. The second-order valence-electron chi connectivity index (χ2n) is 3.53. The van der Waals surface area contributed by atoms with Gasteiger partial charge in [-0.05, 0) is 18.6 Å². The average molecular weight is 268 g/mol. The van der Waals surface area contributed by atoms with E-state index in [0.29, 0.717) is 0 Å². The molecule has 1 aromatic carbocycles. The normalized spacial score (nSPS) is 14.6. The third-order valence-electron chi connectivity index (χ3n) is 2.02. The first-order valence-electron chi connectivity index (χ1n) is 4.65. The number of benzene rings is 1. The molecule has 0 spiro atoms. The van der Waals surface area contributed by atoms with Crippen LogP contribution in [0.5, 0.6) is 0 Å². The summed E-state index contributed by atoms with van der Waals surface area (Å²) in [7, 11) is -3.80. The van der Waals surface area contributed by atoms with Crippen LogP contribution in [0.3, 0.4) is 0 Å². The molecule has 0 saturated carbocycles. The van der Waals surface area contributed by atoms with Crippen LogP contribution in [0.1, 0.15) is 24.2 Å². The number of rotatable bonds is 3. The quantitative estimate of drug-likeness (QED) is 0.792. The van der Waals surface area contributed by atoms with Gasteiger partial charge in [0.05, 0.1) is 17.9 Å². The van der Waals surface area contributed by atoms with E-state index in [1.807, 2.05) is 0 Å². The molecule has 0 fully saturated rings. The molecule has 0 aliphatic heterocycles. The van der Waals surface area contributed by atoms with E-state index in [4.69, 9.17) is 0 Å². The number of halogens is 3. The molecule has 1 rings (SSSR count). The monoisotopic (exact) mass is 268 g/mol. The van der Waals surface area contributed by atoms with Crippen molar-refractivity contribution < 1.29 is 25.8 Å². The third kappa shape index (κ3) is 4.01. The molecule has 1 atom stereocenters. The summed E-state index contributed by atoms with van der Waals surface area (Å²) < 4.78 is 64.2. The highest BCUT2D eigenvalue weighted by Gasteiger charge is 2.34. The summed E-state index contributed by atoms with van der Waals surface area (Å²) in [5.74, 6) is 0. The van der Waals surface area contributed by atoms with Gasteiger partial charge in [0.1, 0.15) is 0 Å². The highest BCUT2D eigenvalue weighted by Crippen LogP contribution is 2.35. The minimum atomic E-state index is -4.54. The zero-order valence-electron chi connectivity index (χ0n) is 9.15. The molecule has 17 heavy (non-hydrogen) atoms. The molecular formula is C10H11F3O3S. The van der Waals surface area contributed by atoms with Gasteiger partial charge >= 0.3 is 6.18 Å². The van der Waals surface area contributed by atoms with Crippen molar-refractivity contribution in [2.24, 2.45) is 0 Å². The van der Waals surface area contributed by atoms with E-state index in [0.717, 1.165) is 12.3 Å². The summed E-state index contributed by atoms with van der Waals surface area (Å²) in [5, 5.41) is 0. The topological polar surface area (TPSA) is 43.4 Å². The Labute approximate surface area is 97.3 Å². The fourth-order valence-corrected chi connectivity index (χ4v) is 2.05. The molecule has 1 aromatic rings. The zero-order chi connectivity index (χ0) is 13.3. The lowest BCUT2D eigenvalue weighted by molar-refractivity contribution is -0.138. The standard InChI is InChI=1S/C10H11F3O3S/c1-7(16-17(2,14)15)8-5-3-4-6-9(8)10(11,12)13/h3-7H,1-2H3. The van der Waals surface area contributed by atoms with E-state index in [1.165, 1.54) is 25.1 Å². The van der Waals surface area contributed by atoms with Gasteiger partial charge in [0.2, 0.25) is 0 Å². The highest BCUT2D eigenvalue weighted by atomic mass is 32.2. The Bertz CT molecular complexity index is 494. The van der Waals surface area contributed by atoms with Crippen LogP contribution < -0.4 is 0 Å². The van der Waals surface area contributed by atoms with Crippen molar-refractivity contribution in [3.8, 4) is 0 Å². The van der Waals surface area contributed by atoms with Gasteiger partial charge in [-0.1, -0.05) is 18.2 Å². The second-order valence-corrected chi connectivity index (χ2v) is 5.13. The Morgan fingerprint density at radius 1 is 1.24 bits per heavy atom. The molecule has 7 heteroatoms. The van der Waals surface area contributed by atoms with E-state index < -0.39 is 28.0 Å². The van der Waals surface area contributed by atoms with Crippen molar-refractivity contribution in [2.45, 2.75) is 19.2 Å². The first-order valence-corrected chi connectivity index (χ1v) is 6.47. The molecule has 0 amide bonds. The largest absolute Gasteiger partial charge is 0.416 e. The van der Waals surface area contributed by atoms with Crippen LogP contribution in [0.4, 0.5) is 13.2 Å². The lowest BCUT2D eigenvalue weighted by Gasteiger charge is -2.17. The van der Waals surface area contributed by atoms with Crippen molar-refractivity contribution in [1.29, 1.82) is 0 Å². The van der Waals surface area contributed by atoms with Crippen molar-refractivity contribution >= 4 is 10.1 Å². The summed E-state index contributed by atoms with van der Waals surface area (Å²) in [4.78, 5) is 0. The molecule has 0 radical (unpaired) electrons. The van der Waals surface area contributed by atoms with Crippen LogP contribution in [0, 0.1) is 0 Å². The summed E-state index contributed by atoms with van der Waals surface area (Å²) >= 11 is 0. The minimum Gasteiger partial charge on any atom is -0.262 e. The Morgan fingerprint density at radius 2 is 1.76 bits per heavy atom. The SMILES string of the molecule is CC(OS(C)(=O)=O)c1ccccc1C(F)(F)F. The number of hydrogen-bond donors (Lipinski definition) is 0. The molecule has 0 heterocycles. The molecule has 96 valence electrons. The van der Waals surface area contributed by atoms with Crippen LogP contribution in [0.15, 0.2) is 24.3 Å². The summed E-state index contributed by atoms with van der Waals surface area (Å²) in [5.41, 5.74) is -1.10. The zero-order valence-corrected chi connectivity index (χ0v) is 9.97. The lowest BCUT2D eigenvalue weighted by atomic mass is 10.0. The molecule has 0 N–H and O–H groups in total. The van der Waals surface area contributed by atoms with Gasteiger partial charge in [0.15, 0.2) is 0 Å². The van der Waals surface area contributed by atoms with E-state index in [2.05, 4.69) is 4.18 Å². The van der Waals surface area contributed by atoms with Gasteiger partial charge < -0.3 is 0 Å². The van der Waals surface area contributed by atoms with Crippen molar-refractivity contribution in [2.75, 3.05) is 6.26 Å². The van der Waals surface area contributed by atoms with Crippen molar-refractivity contribution in [3.63, 3.8) is 0 Å². The first-order chi connectivity index (χ1) is 7.61. The summed E-state index contributed by atoms with van der Waals surface area (Å²) in [6.45, 7) is 1.26. The fourth-order valence-electron chi connectivity index (χ4n) is 1.42. The van der Waals surface area contributed by atoms with Gasteiger partial charge in [0.25, 0.3) is 10.1 Å². The van der Waals surface area contributed by atoms with Crippen LogP contribution in [-0.2, 0) is 20.5 Å².